The van der Waals surface area contributed by atoms with Crippen LogP contribution in [0.15, 0.2) is 72.4 Å². The van der Waals surface area contributed by atoms with Crippen molar-refractivity contribution in [3.05, 3.63) is 78.0 Å². The van der Waals surface area contributed by atoms with E-state index >= 15 is 0 Å². The Balaban J connectivity index is 1.89. The molecule has 0 heterocycles. The summed E-state index contributed by atoms with van der Waals surface area (Å²) in [5.74, 6) is 0.0858. The van der Waals surface area contributed by atoms with E-state index in [1.165, 1.54) is 0 Å². The van der Waals surface area contributed by atoms with Gasteiger partial charge in [-0.2, -0.15) is 0 Å². The number of amides is 2. The molecule has 154 valence electrons. The van der Waals surface area contributed by atoms with Gasteiger partial charge in [0.2, 0.25) is 5.91 Å². The fourth-order valence-corrected chi connectivity index (χ4v) is 2.80. The molecule has 0 spiro atoms. The van der Waals surface area contributed by atoms with Crippen LogP contribution in [0.1, 0.15) is 26.3 Å². The molecule has 0 aromatic heterocycles. The SMILES string of the molecule is COc1ccc(/C=C(/NC(=O)C(C)(C)C)C(=O)Nc2ccc3ccccc3c2)cc1. The number of anilines is 1. The third-order valence-electron chi connectivity index (χ3n) is 4.61. The van der Waals surface area contributed by atoms with Gasteiger partial charge in [0.1, 0.15) is 11.4 Å². The van der Waals surface area contributed by atoms with E-state index < -0.39 is 11.3 Å². The lowest BCUT2D eigenvalue weighted by molar-refractivity contribution is -0.128. The molecular weight excluding hydrogens is 376 g/mol. The zero-order chi connectivity index (χ0) is 21.7. The smallest absolute Gasteiger partial charge is 0.272 e. The van der Waals surface area contributed by atoms with Gasteiger partial charge >= 0.3 is 0 Å². The molecule has 0 aliphatic heterocycles. The maximum atomic E-state index is 13.0. The van der Waals surface area contributed by atoms with Crippen molar-refractivity contribution < 1.29 is 14.3 Å². The van der Waals surface area contributed by atoms with Gasteiger partial charge < -0.3 is 15.4 Å². The van der Waals surface area contributed by atoms with Crippen LogP contribution in [-0.4, -0.2) is 18.9 Å². The lowest BCUT2D eigenvalue weighted by atomic mass is 9.95. The van der Waals surface area contributed by atoms with Crippen LogP contribution in [0.5, 0.6) is 5.75 Å². The molecule has 0 saturated carbocycles. The normalized spacial score (nSPS) is 11.8. The minimum atomic E-state index is -0.637. The van der Waals surface area contributed by atoms with Crippen molar-refractivity contribution in [1.82, 2.24) is 5.32 Å². The molecule has 0 atom stereocenters. The highest BCUT2D eigenvalue weighted by atomic mass is 16.5. The molecule has 0 radical (unpaired) electrons. The number of nitrogens with one attached hydrogen (secondary N) is 2. The van der Waals surface area contributed by atoms with E-state index in [0.29, 0.717) is 11.4 Å². The summed E-state index contributed by atoms with van der Waals surface area (Å²) in [6.07, 6.45) is 1.65. The second kappa shape index (κ2) is 8.82. The quantitative estimate of drug-likeness (QED) is 0.591. The number of hydrogen-bond acceptors (Lipinski definition) is 3. The molecule has 3 aromatic rings. The van der Waals surface area contributed by atoms with Crippen molar-refractivity contribution in [2.45, 2.75) is 20.8 Å². The number of carbonyl (C=O) groups excluding carboxylic acids is 2. The lowest BCUT2D eigenvalue weighted by Gasteiger charge is -2.19. The minimum Gasteiger partial charge on any atom is -0.497 e. The predicted octanol–water partition coefficient (Wildman–Crippen LogP) is 4.99. The number of methoxy groups -OCH3 is 1. The summed E-state index contributed by atoms with van der Waals surface area (Å²) in [6.45, 7) is 5.40. The molecule has 0 unspecified atom stereocenters. The molecule has 3 aromatic carbocycles. The summed E-state index contributed by atoms with van der Waals surface area (Å²) in [5.41, 5.74) is 0.966. The summed E-state index contributed by atoms with van der Waals surface area (Å²) in [4.78, 5) is 25.6. The summed E-state index contributed by atoms with van der Waals surface area (Å²) < 4.78 is 5.18. The van der Waals surface area contributed by atoms with Crippen molar-refractivity contribution in [2.75, 3.05) is 12.4 Å². The number of hydrogen-bond donors (Lipinski definition) is 2. The van der Waals surface area contributed by atoms with E-state index in [4.69, 9.17) is 4.74 Å². The van der Waals surface area contributed by atoms with Gasteiger partial charge in [-0.25, -0.2) is 0 Å². The Kier molecular flexibility index (Phi) is 6.21. The largest absolute Gasteiger partial charge is 0.497 e. The molecule has 0 fully saturated rings. The van der Waals surface area contributed by atoms with Crippen LogP contribution in [0.4, 0.5) is 5.69 Å². The first-order valence-electron chi connectivity index (χ1n) is 9.73. The molecule has 0 saturated heterocycles. The number of benzene rings is 3. The third kappa shape index (κ3) is 5.26. The maximum Gasteiger partial charge on any atom is 0.272 e. The molecule has 5 nitrogen and oxygen atoms in total. The molecule has 0 aliphatic carbocycles. The molecule has 0 aliphatic rings. The number of ether oxygens (including phenoxy) is 1. The zero-order valence-electron chi connectivity index (χ0n) is 17.7. The van der Waals surface area contributed by atoms with Crippen LogP contribution in [0.2, 0.25) is 0 Å². The number of fused-ring (bicyclic) bond motifs is 1. The van der Waals surface area contributed by atoms with E-state index in [0.717, 1.165) is 16.3 Å². The highest BCUT2D eigenvalue weighted by Crippen LogP contribution is 2.21. The topological polar surface area (TPSA) is 67.4 Å². The minimum absolute atomic E-state index is 0.174. The lowest BCUT2D eigenvalue weighted by Crippen LogP contribution is -2.38. The average Bonchev–Trinajstić information content (AvgIpc) is 2.73. The van der Waals surface area contributed by atoms with Gasteiger partial charge in [-0.15, -0.1) is 0 Å². The Morgan fingerprint density at radius 2 is 1.57 bits per heavy atom. The third-order valence-corrected chi connectivity index (χ3v) is 4.61. The molecule has 2 amide bonds. The maximum absolute atomic E-state index is 13.0. The molecule has 3 rings (SSSR count). The van der Waals surface area contributed by atoms with E-state index in [1.54, 1.807) is 46.1 Å². The highest BCUT2D eigenvalue weighted by molar-refractivity contribution is 6.09. The zero-order valence-corrected chi connectivity index (χ0v) is 17.7. The van der Waals surface area contributed by atoms with Crippen molar-refractivity contribution in [1.29, 1.82) is 0 Å². The van der Waals surface area contributed by atoms with Crippen molar-refractivity contribution >= 4 is 34.4 Å². The fourth-order valence-electron chi connectivity index (χ4n) is 2.80. The summed E-state index contributed by atoms with van der Waals surface area (Å²) >= 11 is 0. The van der Waals surface area contributed by atoms with Crippen molar-refractivity contribution in [3.8, 4) is 5.75 Å². The highest BCUT2D eigenvalue weighted by Gasteiger charge is 2.24. The van der Waals surface area contributed by atoms with Gasteiger partial charge in [-0.3, -0.25) is 9.59 Å². The Hall–Kier alpha value is -3.60. The Morgan fingerprint density at radius 1 is 0.900 bits per heavy atom. The first-order chi connectivity index (χ1) is 14.3. The molecule has 5 heteroatoms. The van der Waals surface area contributed by atoms with Crippen LogP contribution in [0.25, 0.3) is 16.8 Å². The van der Waals surface area contributed by atoms with Gasteiger partial charge in [0.15, 0.2) is 0 Å². The molecular formula is C25H26N2O3. The summed E-state index contributed by atoms with van der Waals surface area (Å²) in [5, 5.41) is 7.77. The Labute approximate surface area is 176 Å². The monoisotopic (exact) mass is 402 g/mol. The van der Waals surface area contributed by atoms with E-state index in [2.05, 4.69) is 10.6 Å². The van der Waals surface area contributed by atoms with Gasteiger partial charge in [0.05, 0.1) is 7.11 Å². The van der Waals surface area contributed by atoms with Gasteiger partial charge in [-0.1, -0.05) is 63.2 Å². The molecule has 0 bridgehead atoms. The predicted molar refractivity (Wildman–Crippen MR) is 121 cm³/mol. The van der Waals surface area contributed by atoms with Gasteiger partial charge in [0, 0.05) is 11.1 Å². The van der Waals surface area contributed by atoms with Crippen molar-refractivity contribution in [2.24, 2.45) is 5.41 Å². The van der Waals surface area contributed by atoms with Crippen LogP contribution in [-0.2, 0) is 9.59 Å². The molecule has 30 heavy (non-hydrogen) atoms. The summed E-state index contributed by atoms with van der Waals surface area (Å²) in [7, 11) is 1.59. The average molecular weight is 402 g/mol. The fraction of sp³-hybridized carbons (Fsp3) is 0.200. The second-order valence-electron chi connectivity index (χ2n) is 8.05. The van der Waals surface area contributed by atoms with Crippen LogP contribution >= 0.6 is 0 Å². The first-order valence-corrected chi connectivity index (χ1v) is 9.73. The Morgan fingerprint density at radius 3 is 2.20 bits per heavy atom. The van der Waals surface area contributed by atoms with Crippen LogP contribution < -0.4 is 15.4 Å². The Bertz CT molecular complexity index is 1090. The van der Waals surface area contributed by atoms with Crippen LogP contribution in [0, 0.1) is 5.41 Å². The van der Waals surface area contributed by atoms with Gasteiger partial charge in [0.25, 0.3) is 5.91 Å². The summed E-state index contributed by atoms with van der Waals surface area (Å²) in [6, 6.07) is 20.9. The van der Waals surface area contributed by atoms with Gasteiger partial charge in [-0.05, 0) is 46.7 Å². The first kappa shape index (κ1) is 21.1. The standard InChI is InChI=1S/C25H26N2O3/c1-25(2,3)24(29)27-22(15-17-9-13-21(30-4)14-10-17)23(28)26-20-12-11-18-7-5-6-8-19(18)16-20/h5-16H,1-4H3,(H,26,28)(H,27,29)/b22-15+. The van der Waals surface area contributed by atoms with Crippen LogP contribution in [0.3, 0.4) is 0 Å². The van der Waals surface area contributed by atoms with E-state index in [-0.39, 0.29) is 11.6 Å². The number of rotatable bonds is 5. The second-order valence-corrected chi connectivity index (χ2v) is 8.05. The van der Waals surface area contributed by atoms with Crippen molar-refractivity contribution in [3.63, 3.8) is 0 Å². The van der Waals surface area contributed by atoms with E-state index in [9.17, 15) is 9.59 Å². The van der Waals surface area contributed by atoms with E-state index in [1.807, 2.05) is 54.6 Å². The molecule has 2 N–H and O–H groups in total. The number of carbonyl (C=O) groups is 2.